The molecule has 7 heteroatoms. The van der Waals surface area contributed by atoms with Crippen molar-refractivity contribution in [1.29, 1.82) is 0 Å². The first-order valence-corrected chi connectivity index (χ1v) is 12.1. The second-order valence-electron chi connectivity index (χ2n) is 8.65. The Labute approximate surface area is 197 Å². The molecule has 174 valence electrons. The first-order valence-electron chi connectivity index (χ1n) is 11.3. The molecule has 0 bridgehead atoms. The van der Waals surface area contributed by atoms with Gasteiger partial charge in [-0.2, -0.15) is 0 Å². The number of anilines is 1. The highest BCUT2D eigenvalue weighted by molar-refractivity contribution is 7.17. The SMILES string of the molecule is Cc1ccc(C)c(OCc2ccc(C(=O)Nc3sc4c(c3C(=O)OC(C)C)CCCC4)o2)c1. The summed E-state index contributed by atoms with van der Waals surface area (Å²) in [7, 11) is 0. The highest BCUT2D eigenvalue weighted by atomic mass is 32.1. The van der Waals surface area contributed by atoms with Crippen molar-refractivity contribution < 1.29 is 23.5 Å². The van der Waals surface area contributed by atoms with Crippen LogP contribution in [0.25, 0.3) is 0 Å². The van der Waals surface area contributed by atoms with E-state index in [-0.39, 0.29) is 24.4 Å². The molecule has 1 N–H and O–H groups in total. The molecule has 2 heterocycles. The maximum absolute atomic E-state index is 12.9. The lowest BCUT2D eigenvalue weighted by Gasteiger charge is -2.14. The molecule has 0 radical (unpaired) electrons. The van der Waals surface area contributed by atoms with Crippen LogP contribution < -0.4 is 10.1 Å². The van der Waals surface area contributed by atoms with Crippen molar-refractivity contribution in [2.45, 2.75) is 66.1 Å². The predicted octanol–water partition coefficient (Wildman–Crippen LogP) is 6.23. The van der Waals surface area contributed by atoms with Gasteiger partial charge in [-0.15, -0.1) is 11.3 Å². The van der Waals surface area contributed by atoms with E-state index >= 15 is 0 Å². The molecule has 1 aliphatic carbocycles. The van der Waals surface area contributed by atoms with E-state index in [0.29, 0.717) is 16.3 Å². The zero-order valence-corrected chi connectivity index (χ0v) is 20.3. The number of carbonyl (C=O) groups is 2. The Morgan fingerprint density at radius 3 is 2.70 bits per heavy atom. The largest absolute Gasteiger partial charge is 0.485 e. The maximum atomic E-state index is 12.9. The molecule has 1 aromatic carbocycles. The van der Waals surface area contributed by atoms with Crippen LogP contribution in [0, 0.1) is 13.8 Å². The van der Waals surface area contributed by atoms with Crippen LogP contribution in [0.1, 0.15) is 74.9 Å². The van der Waals surface area contributed by atoms with Gasteiger partial charge in [0.2, 0.25) is 0 Å². The Bertz CT molecular complexity index is 1170. The first kappa shape index (κ1) is 23.1. The lowest BCUT2D eigenvalue weighted by atomic mass is 9.95. The lowest BCUT2D eigenvalue weighted by molar-refractivity contribution is 0.0378. The number of furan rings is 1. The summed E-state index contributed by atoms with van der Waals surface area (Å²) >= 11 is 1.46. The number of hydrogen-bond donors (Lipinski definition) is 1. The molecule has 0 fully saturated rings. The van der Waals surface area contributed by atoms with Crippen molar-refractivity contribution in [3.8, 4) is 5.75 Å². The molecule has 3 aromatic rings. The molecule has 6 nitrogen and oxygen atoms in total. The standard InChI is InChI=1S/C26H29NO5S/c1-15(2)31-26(29)23-19-7-5-6-8-22(19)33-25(23)27-24(28)20-12-11-18(32-20)14-30-21-13-16(3)9-10-17(21)4/h9-13,15H,5-8,14H2,1-4H3,(H,27,28). The van der Waals surface area contributed by atoms with Crippen LogP contribution in [-0.2, 0) is 24.2 Å². The fraction of sp³-hybridized carbons (Fsp3) is 0.385. The van der Waals surface area contributed by atoms with E-state index in [1.165, 1.54) is 11.3 Å². The molecule has 2 aromatic heterocycles. The summed E-state index contributed by atoms with van der Waals surface area (Å²) in [5.74, 6) is 0.719. The van der Waals surface area contributed by atoms with Gasteiger partial charge in [0.25, 0.3) is 5.91 Å². The minimum absolute atomic E-state index is 0.170. The third kappa shape index (κ3) is 5.30. The second-order valence-corrected chi connectivity index (χ2v) is 9.75. The van der Waals surface area contributed by atoms with Gasteiger partial charge in [-0.3, -0.25) is 4.79 Å². The van der Waals surface area contributed by atoms with Crippen LogP contribution in [-0.4, -0.2) is 18.0 Å². The quantitative estimate of drug-likeness (QED) is 0.417. The fourth-order valence-corrected chi connectivity index (χ4v) is 5.17. The highest BCUT2D eigenvalue weighted by Gasteiger charge is 2.28. The fourth-order valence-electron chi connectivity index (χ4n) is 3.90. The normalized spacial score (nSPS) is 13.0. The molecular formula is C26H29NO5S. The van der Waals surface area contributed by atoms with Gasteiger partial charge in [0, 0.05) is 4.88 Å². The average molecular weight is 468 g/mol. The van der Waals surface area contributed by atoms with Crippen molar-refractivity contribution in [3.05, 3.63) is 69.0 Å². The van der Waals surface area contributed by atoms with Crippen molar-refractivity contribution in [2.24, 2.45) is 0 Å². The zero-order valence-electron chi connectivity index (χ0n) is 19.4. The monoisotopic (exact) mass is 467 g/mol. The van der Waals surface area contributed by atoms with Crippen LogP contribution in [0.3, 0.4) is 0 Å². The second kappa shape index (κ2) is 9.83. The Balaban J connectivity index is 1.49. The minimum Gasteiger partial charge on any atom is -0.485 e. The molecule has 0 unspecified atom stereocenters. The minimum atomic E-state index is -0.398. The Morgan fingerprint density at radius 2 is 1.91 bits per heavy atom. The average Bonchev–Trinajstić information content (AvgIpc) is 3.38. The Hall–Kier alpha value is -3.06. The molecule has 1 amide bonds. The third-order valence-electron chi connectivity index (χ3n) is 5.54. The molecular weight excluding hydrogens is 438 g/mol. The molecule has 0 saturated carbocycles. The molecule has 0 atom stereocenters. The van der Waals surface area contributed by atoms with E-state index in [9.17, 15) is 9.59 Å². The van der Waals surface area contributed by atoms with Crippen molar-refractivity contribution in [2.75, 3.05) is 5.32 Å². The first-order chi connectivity index (χ1) is 15.8. The molecule has 33 heavy (non-hydrogen) atoms. The third-order valence-corrected chi connectivity index (χ3v) is 6.75. The smallest absolute Gasteiger partial charge is 0.341 e. The lowest BCUT2D eigenvalue weighted by Crippen LogP contribution is -2.17. The number of thiophene rings is 1. The number of benzene rings is 1. The van der Waals surface area contributed by atoms with Crippen molar-refractivity contribution in [3.63, 3.8) is 0 Å². The summed E-state index contributed by atoms with van der Waals surface area (Å²) in [4.78, 5) is 26.9. The van der Waals surface area contributed by atoms with Crippen molar-refractivity contribution >= 4 is 28.2 Å². The maximum Gasteiger partial charge on any atom is 0.341 e. The zero-order chi connectivity index (χ0) is 23.5. The number of ether oxygens (including phenoxy) is 2. The van der Waals surface area contributed by atoms with Crippen LogP contribution in [0.5, 0.6) is 5.75 Å². The Morgan fingerprint density at radius 1 is 1.12 bits per heavy atom. The van der Waals surface area contributed by atoms with Crippen LogP contribution in [0.4, 0.5) is 5.00 Å². The van der Waals surface area contributed by atoms with Gasteiger partial charge in [0.15, 0.2) is 5.76 Å². The molecule has 0 saturated heterocycles. The topological polar surface area (TPSA) is 77.8 Å². The summed E-state index contributed by atoms with van der Waals surface area (Å²) in [5.41, 5.74) is 3.64. The number of hydrogen-bond acceptors (Lipinski definition) is 6. The van der Waals surface area contributed by atoms with Crippen LogP contribution in [0.15, 0.2) is 34.7 Å². The van der Waals surface area contributed by atoms with Gasteiger partial charge in [-0.25, -0.2) is 4.79 Å². The number of rotatable bonds is 7. The van der Waals surface area contributed by atoms with Crippen molar-refractivity contribution in [1.82, 2.24) is 0 Å². The van der Waals surface area contributed by atoms with Gasteiger partial charge < -0.3 is 19.2 Å². The van der Waals surface area contributed by atoms with Crippen LogP contribution in [0.2, 0.25) is 0 Å². The number of esters is 1. The van der Waals surface area contributed by atoms with E-state index in [2.05, 4.69) is 5.32 Å². The van der Waals surface area contributed by atoms with Gasteiger partial charge >= 0.3 is 5.97 Å². The van der Waals surface area contributed by atoms with Gasteiger partial charge in [0.1, 0.15) is 23.1 Å². The molecule has 1 aliphatic rings. The number of nitrogens with one attached hydrogen (secondary N) is 1. The van der Waals surface area contributed by atoms with Gasteiger partial charge in [0.05, 0.1) is 11.7 Å². The number of aryl methyl sites for hydroxylation is 3. The highest BCUT2D eigenvalue weighted by Crippen LogP contribution is 2.39. The van der Waals surface area contributed by atoms with E-state index in [4.69, 9.17) is 13.9 Å². The summed E-state index contributed by atoms with van der Waals surface area (Å²) in [6, 6.07) is 9.37. The number of carbonyl (C=O) groups excluding carboxylic acids is 2. The number of amides is 1. The predicted molar refractivity (Wildman–Crippen MR) is 128 cm³/mol. The molecule has 0 spiro atoms. The molecule has 4 rings (SSSR count). The molecule has 0 aliphatic heterocycles. The summed E-state index contributed by atoms with van der Waals surface area (Å²) in [6.45, 7) is 7.85. The van der Waals surface area contributed by atoms with E-state index in [1.54, 1.807) is 12.1 Å². The summed E-state index contributed by atoms with van der Waals surface area (Å²) in [6.07, 6.45) is 3.62. The van der Waals surface area contributed by atoms with Gasteiger partial charge in [-0.05, 0) is 88.3 Å². The summed E-state index contributed by atoms with van der Waals surface area (Å²) < 4.78 is 17.1. The van der Waals surface area contributed by atoms with E-state index in [0.717, 1.165) is 53.0 Å². The Kier molecular flexibility index (Phi) is 6.88. The van der Waals surface area contributed by atoms with E-state index < -0.39 is 5.91 Å². The van der Waals surface area contributed by atoms with E-state index in [1.807, 2.05) is 45.9 Å². The van der Waals surface area contributed by atoms with Gasteiger partial charge in [-0.1, -0.05) is 12.1 Å². The van der Waals surface area contributed by atoms with Crippen LogP contribution >= 0.6 is 11.3 Å². The number of fused-ring (bicyclic) bond motifs is 1. The summed E-state index contributed by atoms with van der Waals surface area (Å²) in [5, 5.41) is 3.42.